The molecule has 1 amide bonds. The van der Waals surface area contributed by atoms with Gasteiger partial charge in [0.25, 0.3) is 0 Å². The van der Waals surface area contributed by atoms with Gasteiger partial charge in [0.05, 0.1) is 13.0 Å². The molecule has 0 atom stereocenters. The Bertz CT molecular complexity index is 637. The average Bonchev–Trinajstić information content (AvgIpc) is 2.85. The molecule has 0 spiro atoms. The quantitative estimate of drug-likeness (QED) is 0.883. The molecule has 0 saturated carbocycles. The van der Waals surface area contributed by atoms with Crippen LogP contribution < -0.4 is 5.32 Å². The number of aromatic nitrogens is 1. The molecule has 0 unspecified atom stereocenters. The van der Waals surface area contributed by atoms with Crippen LogP contribution in [0.15, 0.2) is 29.6 Å². The highest BCUT2D eigenvalue weighted by Crippen LogP contribution is 2.10. The molecule has 2 N–H and O–H groups in total. The standard InChI is InChI=1S/C14H14N2O3S/c1-9-3-2-4-10(5-9)6-12(17)15-7-13-16-11(8-20-13)14(18)19/h2-5,8H,6-7H2,1H3,(H,15,17)(H,18,19). The van der Waals surface area contributed by atoms with Gasteiger partial charge in [-0.05, 0) is 12.5 Å². The first kappa shape index (κ1) is 14.2. The van der Waals surface area contributed by atoms with E-state index >= 15 is 0 Å². The second kappa shape index (κ2) is 6.29. The number of carboxylic acid groups (broad SMARTS) is 1. The number of aromatic carboxylic acids is 1. The van der Waals surface area contributed by atoms with E-state index in [2.05, 4.69) is 10.3 Å². The maximum atomic E-state index is 11.8. The summed E-state index contributed by atoms with van der Waals surface area (Å²) >= 11 is 1.22. The van der Waals surface area contributed by atoms with Crippen molar-refractivity contribution in [2.45, 2.75) is 19.9 Å². The molecule has 6 heteroatoms. The SMILES string of the molecule is Cc1cccc(CC(=O)NCc2nc(C(=O)O)cs2)c1. The van der Waals surface area contributed by atoms with Crippen molar-refractivity contribution in [3.8, 4) is 0 Å². The van der Waals surface area contributed by atoms with E-state index in [1.165, 1.54) is 16.7 Å². The number of carboxylic acids is 1. The number of hydrogen-bond acceptors (Lipinski definition) is 4. The lowest BCUT2D eigenvalue weighted by molar-refractivity contribution is -0.120. The van der Waals surface area contributed by atoms with E-state index in [9.17, 15) is 9.59 Å². The van der Waals surface area contributed by atoms with E-state index in [0.29, 0.717) is 11.4 Å². The van der Waals surface area contributed by atoms with Crippen molar-refractivity contribution in [3.05, 3.63) is 51.5 Å². The highest BCUT2D eigenvalue weighted by molar-refractivity contribution is 7.09. The Kier molecular flexibility index (Phi) is 4.47. The van der Waals surface area contributed by atoms with Crippen molar-refractivity contribution in [2.24, 2.45) is 0 Å². The van der Waals surface area contributed by atoms with E-state index in [4.69, 9.17) is 5.11 Å². The number of amides is 1. The number of aryl methyl sites for hydroxylation is 1. The van der Waals surface area contributed by atoms with Crippen LogP contribution in [0.1, 0.15) is 26.6 Å². The number of nitrogens with one attached hydrogen (secondary N) is 1. The van der Waals surface area contributed by atoms with Crippen molar-refractivity contribution in [3.63, 3.8) is 0 Å². The van der Waals surface area contributed by atoms with Crippen LogP contribution in [-0.4, -0.2) is 22.0 Å². The molecule has 0 radical (unpaired) electrons. The van der Waals surface area contributed by atoms with Gasteiger partial charge < -0.3 is 10.4 Å². The molecule has 5 nitrogen and oxygen atoms in total. The molecule has 1 aromatic heterocycles. The van der Waals surface area contributed by atoms with Crippen molar-refractivity contribution < 1.29 is 14.7 Å². The summed E-state index contributed by atoms with van der Waals surface area (Å²) in [5.41, 5.74) is 2.08. The topological polar surface area (TPSA) is 79.3 Å². The van der Waals surface area contributed by atoms with E-state index in [1.807, 2.05) is 31.2 Å². The lowest BCUT2D eigenvalue weighted by Gasteiger charge is -2.04. The molecule has 1 heterocycles. The van der Waals surface area contributed by atoms with Gasteiger partial charge in [-0.25, -0.2) is 9.78 Å². The smallest absolute Gasteiger partial charge is 0.355 e. The first-order valence-electron chi connectivity index (χ1n) is 6.04. The van der Waals surface area contributed by atoms with Gasteiger partial charge in [0.2, 0.25) is 5.91 Å². The molecule has 0 aliphatic rings. The van der Waals surface area contributed by atoms with Gasteiger partial charge in [0.1, 0.15) is 5.01 Å². The van der Waals surface area contributed by atoms with Gasteiger partial charge in [-0.2, -0.15) is 0 Å². The van der Waals surface area contributed by atoms with Crippen LogP contribution in [0.5, 0.6) is 0 Å². The Hall–Kier alpha value is -2.21. The summed E-state index contributed by atoms with van der Waals surface area (Å²) in [6, 6.07) is 7.76. The van der Waals surface area contributed by atoms with Gasteiger partial charge in [0.15, 0.2) is 5.69 Å². The van der Waals surface area contributed by atoms with Gasteiger partial charge in [-0.3, -0.25) is 4.79 Å². The van der Waals surface area contributed by atoms with Gasteiger partial charge in [-0.1, -0.05) is 29.8 Å². The summed E-state index contributed by atoms with van der Waals surface area (Å²) in [7, 11) is 0. The summed E-state index contributed by atoms with van der Waals surface area (Å²) in [6.45, 7) is 2.23. The van der Waals surface area contributed by atoms with Crippen LogP contribution in [0, 0.1) is 6.92 Å². The third-order valence-electron chi connectivity index (χ3n) is 2.65. The zero-order valence-corrected chi connectivity index (χ0v) is 11.7. The summed E-state index contributed by atoms with van der Waals surface area (Å²) in [6.07, 6.45) is 0.304. The van der Waals surface area contributed by atoms with Crippen molar-refractivity contribution >= 4 is 23.2 Å². The predicted molar refractivity (Wildman–Crippen MR) is 75.8 cm³/mol. The monoisotopic (exact) mass is 290 g/mol. The zero-order chi connectivity index (χ0) is 14.5. The molecule has 1 aromatic carbocycles. The number of thiazole rings is 1. The number of rotatable bonds is 5. The van der Waals surface area contributed by atoms with Gasteiger partial charge in [0, 0.05) is 5.38 Å². The minimum atomic E-state index is -1.06. The van der Waals surface area contributed by atoms with Crippen molar-refractivity contribution in [2.75, 3.05) is 0 Å². The van der Waals surface area contributed by atoms with E-state index in [-0.39, 0.29) is 18.1 Å². The largest absolute Gasteiger partial charge is 0.476 e. The van der Waals surface area contributed by atoms with Gasteiger partial charge in [-0.15, -0.1) is 11.3 Å². The van der Waals surface area contributed by atoms with E-state index < -0.39 is 5.97 Å². The Balaban J connectivity index is 1.87. The predicted octanol–water partition coefficient (Wildman–Crippen LogP) is 2.01. The molecule has 2 rings (SSSR count). The Labute approximate surface area is 120 Å². The number of hydrogen-bond donors (Lipinski definition) is 2. The Morgan fingerprint density at radius 1 is 1.40 bits per heavy atom. The highest BCUT2D eigenvalue weighted by atomic mass is 32.1. The fourth-order valence-corrected chi connectivity index (χ4v) is 2.44. The van der Waals surface area contributed by atoms with Crippen LogP contribution in [0.3, 0.4) is 0 Å². The summed E-state index contributed by atoms with van der Waals surface area (Å²) in [5, 5.41) is 13.5. The third-order valence-corrected chi connectivity index (χ3v) is 3.50. The zero-order valence-electron chi connectivity index (χ0n) is 10.9. The lowest BCUT2D eigenvalue weighted by atomic mass is 10.1. The summed E-state index contributed by atoms with van der Waals surface area (Å²) < 4.78 is 0. The number of benzene rings is 1. The van der Waals surface area contributed by atoms with Crippen LogP contribution in [0.2, 0.25) is 0 Å². The van der Waals surface area contributed by atoms with Crippen LogP contribution in [0.25, 0.3) is 0 Å². The molecule has 0 bridgehead atoms. The fourth-order valence-electron chi connectivity index (χ4n) is 1.73. The number of carbonyl (C=O) groups is 2. The molecule has 2 aromatic rings. The molecular weight excluding hydrogens is 276 g/mol. The van der Waals surface area contributed by atoms with Gasteiger partial charge >= 0.3 is 5.97 Å². The normalized spacial score (nSPS) is 10.2. The minimum Gasteiger partial charge on any atom is -0.476 e. The van der Waals surface area contributed by atoms with E-state index in [0.717, 1.165) is 11.1 Å². The van der Waals surface area contributed by atoms with Crippen LogP contribution in [0.4, 0.5) is 0 Å². The Morgan fingerprint density at radius 2 is 2.20 bits per heavy atom. The maximum Gasteiger partial charge on any atom is 0.355 e. The first-order valence-corrected chi connectivity index (χ1v) is 6.92. The molecule has 0 aliphatic carbocycles. The molecular formula is C14H14N2O3S. The molecule has 104 valence electrons. The molecule has 20 heavy (non-hydrogen) atoms. The molecule has 0 fully saturated rings. The summed E-state index contributed by atoms with van der Waals surface area (Å²) in [5.74, 6) is -1.17. The first-order chi connectivity index (χ1) is 9.54. The number of carbonyl (C=O) groups excluding carboxylic acids is 1. The lowest BCUT2D eigenvalue weighted by Crippen LogP contribution is -2.24. The van der Waals surface area contributed by atoms with Crippen LogP contribution >= 0.6 is 11.3 Å². The van der Waals surface area contributed by atoms with Crippen molar-refractivity contribution in [1.29, 1.82) is 0 Å². The van der Waals surface area contributed by atoms with E-state index in [1.54, 1.807) is 0 Å². The highest BCUT2D eigenvalue weighted by Gasteiger charge is 2.09. The average molecular weight is 290 g/mol. The summed E-state index contributed by atoms with van der Waals surface area (Å²) in [4.78, 5) is 26.4. The molecule has 0 aliphatic heterocycles. The maximum absolute atomic E-state index is 11.8. The fraction of sp³-hybridized carbons (Fsp3) is 0.214. The molecule has 0 saturated heterocycles. The van der Waals surface area contributed by atoms with Crippen LogP contribution in [-0.2, 0) is 17.8 Å². The minimum absolute atomic E-state index is 0.0120. The van der Waals surface area contributed by atoms with Crippen molar-refractivity contribution in [1.82, 2.24) is 10.3 Å². The Morgan fingerprint density at radius 3 is 2.85 bits per heavy atom. The second-order valence-electron chi connectivity index (χ2n) is 4.37. The third kappa shape index (κ3) is 3.89. The second-order valence-corrected chi connectivity index (χ2v) is 5.32. The number of nitrogens with zero attached hydrogens (tertiary/aromatic N) is 1.